The van der Waals surface area contributed by atoms with Crippen LogP contribution >= 0.6 is 22.6 Å². The number of hydrogen-bond acceptors (Lipinski definition) is 3. The van der Waals surface area contributed by atoms with E-state index in [0.29, 0.717) is 17.7 Å². The first kappa shape index (κ1) is 15.0. The molecule has 0 bridgehead atoms. The summed E-state index contributed by atoms with van der Waals surface area (Å²) in [6.07, 6.45) is 0.365. The topological polar surface area (TPSA) is 55.4 Å². The van der Waals surface area contributed by atoms with Gasteiger partial charge in [-0.2, -0.15) is 0 Å². The Morgan fingerprint density at radius 3 is 2.64 bits per heavy atom. The maximum absolute atomic E-state index is 12.6. The molecule has 22 heavy (non-hydrogen) atoms. The standard InChI is InChI=1S/C17H14INO3/c1-17(16(21)19-14-9-5-4-8-13(14)18)10-11-6-2-3-7-12(11)15(20)22-17/h2-9H,10H2,1H3,(H,19,21). The number of cyclic esters (lactones) is 1. The van der Waals surface area contributed by atoms with Crippen LogP contribution in [-0.4, -0.2) is 17.5 Å². The summed E-state index contributed by atoms with van der Waals surface area (Å²) >= 11 is 2.15. The number of amides is 1. The van der Waals surface area contributed by atoms with Crippen molar-refractivity contribution in [1.82, 2.24) is 0 Å². The second-order valence-electron chi connectivity index (χ2n) is 5.39. The molecular formula is C17H14INO3. The quantitative estimate of drug-likeness (QED) is 0.614. The van der Waals surface area contributed by atoms with E-state index in [1.54, 1.807) is 19.1 Å². The lowest BCUT2D eigenvalue weighted by Crippen LogP contribution is -2.49. The summed E-state index contributed by atoms with van der Waals surface area (Å²) in [5.74, 6) is -0.776. The highest BCUT2D eigenvalue weighted by molar-refractivity contribution is 14.1. The smallest absolute Gasteiger partial charge is 0.339 e. The summed E-state index contributed by atoms with van der Waals surface area (Å²) < 4.78 is 6.35. The lowest BCUT2D eigenvalue weighted by atomic mass is 9.89. The highest BCUT2D eigenvalue weighted by atomic mass is 127. The van der Waals surface area contributed by atoms with Gasteiger partial charge < -0.3 is 10.1 Å². The van der Waals surface area contributed by atoms with Crippen molar-refractivity contribution in [1.29, 1.82) is 0 Å². The molecule has 0 aromatic heterocycles. The fourth-order valence-electron chi connectivity index (χ4n) is 2.48. The van der Waals surface area contributed by atoms with Crippen molar-refractivity contribution in [3.63, 3.8) is 0 Å². The zero-order valence-electron chi connectivity index (χ0n) is 11.9. The van der Waals surface area contributed by atoms with Gasteiger partial charge in [0, 0.05) is 9.99 Å². The predicted octanol–water partition coefficient (Wildman–Crippen LogP) is 3.40. The van der Waals surface area contributed by atoms with Crippen molar-refractivity contribution in [2.75, 3.05) is 5.32 Å². The second-order valence-corrected chi connectivity index (χ2v) is 6.55. The Balaban J connectivity index is 1.87. The molecular weight excluding hydrogens is 393 g/mol. The average molecular weight is 407 g/mol. The lowest BCUT2D eigenvalue weighted by molar-refractivity contribution is -0.134. The zero-order chi connectivity index (χ0) is 15.7. The molecule has 1 atom stereocenters. The van der Waals surface area contributed by atoms with E-state index >= 15 is 0 Å². The van der Waals surface area contributed by atoms with E-state index in [2.05, 4.69) is 27.9 Å². The number of carbonyl (C=O) groups is 2. The second kappa shape index (κ2) is 5.72. The monoisotopic (exact) mass is 407 g/mol. The van der Waals surface area contributed by atoms with Gasteiger partial charge in [0.1, 0.15) is 0 Å². The van der Waals surface area contributed by atoms with Gasteiger partial charge in [0.2, 0.25) is 0 Å². The Morgan fingerprint density at radius 2 is 1.86 bits per heavy atom. The number of nitrogens with one attached hydrogen (secondary N) is 1. The summed E-state index contributed by atoms with van der Waals surface area (Å²) in [6, 6.07) is 14.7. The molecule has 0 radical (unpaired) electrons. The van der Waals surface area contributed by atoms with Crippen molar-refractivity contribution in [3.05, 3.63) is 63.2 Å². The first-order chi connectivity index (χ1) is 10.5. The molecule has 1 aliphatic heterocycles. The number of esters is 1. The summed E-state index contributed by atoms with van der Waals surface area (Å²) in [5, 5.41) is 2.85. The third-order valence-corrected chi connectivity index (χ3v) is 4.63. The summed E-state index contributed by atoms with van der Waals surface area (Å²) in [4.78, 5) is 24.7. The molecule has 0 saturated heterocycles. The number of para-hydroxylation sites is 1. The van der Waals surface area contributed by atoms with Crippen LogP contribution in [0.5, 0.6) is 0 Å². The van der Waals surface area contributed by atoms with Gasteiger partial charge in [-0.3, -0.25) is 4.79 Å². The maximum atomic E-state index is 12.6. The molecule has 0 fully saturated rings. The van der Waals surface area contributed by atoms with Crippen LogP contribution in [-0.2, 0) is 16.0 Å². The largest absolute Gasteiger partial charge is 0.445 e. The predicted molar refractivity (Wildman–Crippen MR) is 91.8 cm³/mol. The number of ether oxygens (including phenoxy) is 1. The Bertz CT molecular complexity index is 759. The van der Waals surface area contributed by atoms with E-state index in [1.807, 2.05) is 36.4 Å². The van der Waals surface area contributed by atoms with Crippen LogP contribution in [0, 0.1) is 3.57 Å². The fourth-order valence-corrected chi connectivity index (χ4v) is 3.00. The minimum atomic E-state index is -1.20. The van der Waals surface area contributed by atoms with Gasteiger partial charge >= 0.3 is 5.97 Å². The van der Waals surface area contributed by atoms with Gasteiger partial charge in [-0.1, -0.05) is 30.3 Å². The van der Waals surface area contributed by atoms with Gasteiger partial charge in [-0.15, -0.1) is 0 Å². The van der Waals surface area contributed by atoms with Crippen LogP contribution in [0.15, 0.2) is 48.5 Å². The van der Waals surface area contributed by atoms with Crippen LogP contribution in [0.2, 0.25) is 0 Å². The molecule has 0 spiro atoms. The van der Waals surface area contributed by atoms with Gasteiger partial charge in [-0.05, 0) is 53.3 Å². The summed E-state index contributed by atoms with van der Waals surface area (Å²) in [6.45, 7) is 1.64. The van der Waals surface area contributed by atoms with Crippen molar-refractivity contribution in [2.45, 2.75) is 18.9 Å². The molecule has 2 aromatic carbocycles. The molecule has 1 unspecified atom stereocenters. The molecule has 5 heteroatoms. The van der Waals surface area contributed by atoms with E-state index in [9.17, 15) is 9.59 Å². The Morgan fingerprint density at radius 1 is 1.18 bits per heavy atom. The van der Waals surface area contributed by atoms with Crippen molar-refractivity contribution in [2.24, 2.45) is 0 Å². The van der Waals surface area contributed by atoms with Crippen LogP contribution in [0.25, 0.3) is 0 Å². The molecule has 1 heterocycles. The van der Waals surface area contributed by atoms with E-state index in [0.717, 1.165) is 9.13 Å². The number of benzene rings is 2. The molecule has 112 valence electrons. The van der Waals surface area contributed by atoms with Crippen LogP contribution < -0.4 is 5.32 Å². The molecule has 0 saturated carbocycles. The van der Waals surface area contributed by atoms with Gasteiger partial charge in [0.05, 0.1) is 11.3 Å². The van der Waals surface area contributed by atoms with E-state index in [1.165, 1.54) is 0 Å². The average Bonchev–Trinajstić information content (AvgIpc) is 2.49. The van der Waals surface area contributed by atoms with Crippen molar-refractivity contribution < 1.29 is 14.3 Å². The third-order valence-electron chi connectivity index (χ3n) is 3.69. The maximum Gasteiger partial charge on any atom is 0.339 e. The lowest BCUT2D eigenvalue weighted by Gasteiger charge is -2.33. The number of anilines is 1. The molecule has 1 amide bonds. The van der Waals surface area contributed by atoms with Crippen LogP contribution in [0.1, 0.15) is 22.8 Å². The van der Waals surface area contributed by atoms with Gasteiger partial charge in [0.15, 0.2) is 5.60 Å². The molecule has 1 aliphatic rings. The van der Waals surface area contributed by atoms with Crippen molar-refractivity contribution >= 4 is 40.2 Å². The summed E-state index contributed by atoms with van der Waals surface area (Å²) in [7, 11) is 0. The Labute approximate surface area is 142 Å². The SMILES string of the molecule is CC1(C(=O)Nc2ccccc2I)Cc2ccccc2C(=O)O1. The molecule has 4 nitrogen and oxygen atoms in total. The van der Waals surface area contributed by atoms with E-state index in [4.69, 9.17) is 4.74 Å². The Kier molecular flexibility index (Phi) is 3.90. The van der Waals surface area contributed by atoms with E-state index < -0.39 is 11.6 Å². The minimum Gasteiger partial charge on any atom is -0.445 e. The normalized spacial score (nSPS) is 20.0. The Hall–Kier alpha value is -1.89. The number of halogens is 1. The molecule has 1 N–H and O–H groups in total. The third kappa shape index (κ3) is 2.72. The molecule has 0 aliphatic carbocycles. The number of rotatable bonds is 2. The van der Waals surface area contributed by atoms with Gasteiger partial charge in [0.25, 0.3) is 5.91 Å². The number of fused-ring (bicyclic) bond motifs is 1. The highest BCUT2D eigenvalue weighted by Crippen LogP contribution is 2.29. The first-order valence-electron chi connectivity index (χ1n) is 6.87. The van der Waals surface area contributed by atoms with Crippen molar-refractivity contribution in [3.8, 4) is 0 Å². The fraction of sp³-hybridized carbons (Fsp3) is 0.176. The van der Waals surface area contributed by atoms with Crippen LogP contribution in [0.4, 0.5) is 5.69 Å². The van der Waals surface area contributed by atoms with E-state index in [-0.39, 0.29) is 5.91 Å². The number of carbonyl (C=O) groups excluding carboxylic acids is 2. The highest BCUT2D eigenvalue weighted by Gasteiger charge is 2.42. The zero-order valence-corrected chi connectivity index (χ0v) is 14.1. The van der Waals surface area contributed by atoms with Gasteiger partial charge in [-0.25, -0.2) is 4.79 Å². The minimum absolute atomic E-state index is 0.320. The first-order valence-corrected chi connectivity index (χ1v) is 7.95. The number of hydrogen-bond donors (Lipinski definition) is 1. The summed E-state index contributed by atoms with van der Waals surface area (Å²) in [5.41, 5.74) is 0.870. The molecule has 2 aromatic rings. The molecule has 3 rings (SSSR count). The van der Waals surface area contributed by atoms with Crippen LogP contribution in [0.3, 0.4) is 0 Å².